The van der Waals surface area contributed by atoms with Crippen molar-refractivity contribution < 1.29 is 19.1 Å². The molecule has 1 saturated carbocycles. The zero-order valence-corrected chi connectivity index (χ0v) is 14.1. The van der Waals surface area contributed by atoms with Gasteiger partial charge in [-0.3, -0.25) is 10.1 Å². The molecule has 0 bridgehead atoms. The lowest BCUT2D eigenvalue weighted by Gasteiger charge is -2.23. The molecule has 130 valence electrons. The molecule has 2 rings (SSSR count). The van der Waals surface area contributed by atoms with Crippen molar-refractivity contribution in [2.75, 3.05) is 0 Å². The van der Waals surface area contributed by atoms with E-state index in [4.69, 9.17) is 4.74 Å². The molecule has 1 aliphatic rings. The summed E-state index contributed by atoms with van der Waals surface area (Å²) in [5.41, 5.74) is 1.30. The summed E-state index contributed by atoms with van der Waals surface area (Å²) >= 11 is 0. The van der Waals surface area contributed by atoms with Crippen molar-refractivity contribution in [2.45, 2.75) is 58.1 Å². The van der Waals surface area contributed by atoms with Crippen LogP contribution in [-0.4, -0.2) is 30.1 Å². The third-order valence-electron chi connectivity index (χ3n) is 4.08. The van der Waals surface area contributed by atoms with E-state index < -0.39 is 24.0 Å². The maximum Gasteiger partial charge on any atom is 0.338 e. The van der Waals surface area contributed by atoms with Crippen LogP contribution in [-0.2, 0) is 9.53 Å². The van der Waals surface area contributed by atoms with Gasteiger partial charge in [0.25, 0.3) is 5.91 Å². The Morgan fingerprint density at radius 3 is 2.54 bits per heavy atom. The first kappa shape index (κ1) is 18.0. The summed E-state index contributed by atoms with van der Waals surface area (Å²) in [5, 5.41) is 5.01. The zero-order valence-electron chi connectivity index (χ0n) is 14.1. The van der Waals surface area contributed by atoms with Crippen molar-refractivity contribution in [1.82, 2.24) is 10.6 Å². The van der Waals surface area contributed by atoms with Gasteiger partial charge >= 0.3 is 12.0 Å². The number of benzene rings is 1. The maximum atomic E-state index is 12.0. The van der Waals surface area contributed by atoms with Crippen LogP contribution >= 0.6 is 0 Å². The highest BCUT2D eigenvalue weighted by atomic mass is 16.5. The Balaban J connectivity index is 1.80. The minimum absolute atomic E-state index is 0.108. The number of aryl methyl sites for hydroxylation is 1. The zero-order chi connectivity index (χ0) is 17.5. The Hall–Kier alpha value is -2.37. The van der Waals surface area contributed by atoms with Gasteiger partial charge in [0.05, 0.1) is 5.56 Å². The number of hydrogen-bond acceptors (Lipinski definition) is 4. The van der Waals surface area contributed by atoms with Crippen molar-refractivity contribution in [1.29, 1.82) is 0 Å². The average Bonchev–Trinajstić information content (AvgIpc) is 2.55. The lowest BCUT2D eigenvalue weighted by molar-refractivity contribution is -0.127. The smallest absolute Gasteiger partial charge is 0.338 e. The summed E-state index contributed by atoms with van der Waals surface area (Å²) < 4.78 is 5.11. The molecule has 3 amide bonds. The van der Waals surface area contributed by atoms with Crippen LogP contribution in [0.15, 0.2) is 24.3 Å². The fourth-order valence-electron chi connectivity index (χ4n) is 2.74. The van der Waals surface area contributed by atoms with Gasteiger partial charge in [-0.15, -0.1) is 0 Å². The number of hydrogen-bond donors (Lipinski definition) is 2. The van der Waals surface area contributed by atoms with E-state index in [1.807, 2.05) is 13.0 Å². The Morgan fingerprint density at radius 2 is 1.88 bits per heavy atom. The minimum Gasteiger partial charge on any atom is -0.449 e. The Labute approximate surface area is 142 Å². The largest absolute Gasteiger partial charge is 0.449 e. The molecule has 0 spiro atoms. The molecule has 1 aromatic carbocycles. The van der Waals surface area contributed by atoms with E-state index in [0.717, 1.165) is 31.2 Å². The van der Waals surface area contributed by atoms with Crippen molar-refractivity contribution in [3.63, 3.8) is 0 Å². The van der Waals surface area contributed by atoms with E-state index in [2.05, 4.69) is 10.6 Å². The highest BCUT2D eigenvalue weighted by Gasteiger charge is 2.22. The molecule has 6 nitrogen and oxygen atoms in total. The molecular weight excluding hydrogens is 308 g/mol. The first-order chi connectivity index (χ1) is 11.5. The van der Waals surface area contributed by atoms with Gasteiger partial charge in [0.1, 0.15) is 0 Å². The average molecular weight is 332 g/mol. The predicted molar refractivity (Wildman–Crippen MR) is 89.6 cm³/mol. The molecule has 0 aromatic heterocycles. The fourth-order valence-corrected chi connectivity index (χ4v) is 2.74. The van der Waals surface area contributed by atoms with Crippen LogP contribution in [0.25, 0.3) is 0 Å². The molecule has 0 aliphatic heterocycles. The maximum absolute atomic E-state index is 12.0. The molecule has 0 unspecified atom stereocenters. The SMILES string of the molecule is Cc1cccc(C(=O)O[C@@H](C)C(=O)NC(=O)NC2CCCCC2)c1. The van der Waals surface area contributed by atoms with Crippen LogP contribution in [0.4, 0.5) is 4.79 Å². The third-order valence-corrected chi connectivity index (χ3v) is 4.08. The van der Waals surface area contributed by atoms with Crippen LogP contribution in [0.2, 0.25) is 0 Å². The van der Waals surface area contributed by atoms with Crippen LogP contribution in [0.1, 0.15) is 54.9 Å². The monoisotopic (exact) mass is 332 g/mol. The van der Waals surface area contributed by atoms with Crippen molar-refractivity contribution in [3.8, 4) is 0 Å². The quantitative estimate of drug-likeness (QED) is 0.830. The summed E-state index contributed by atoms with van der Waals surface area (Å²) in [6, 6.07) is 6.48. The summed E-state index contributed by atoms with van der Waals surface area (Å²) in [6.45, 7) is 3.30. The predicted octanol–water partition coefficient (Wildman–Crippen LogP) is 2.70. The first-order valence-corrected chi connectivity index (χ1v) is 8.34. The number of ether oxygens (including phenoxy) is 1. The summed E-state index contributed by atoms with van der Waals surface area (Å²) in [7, 11) is 0. The van der Waals surface area contributed by atoms with E-state index in [1.165, 1.54) is 13.3 Å². The van der Waals surface area contributed by atoms with Crippen molar-refractivity contribution in [2.24, 2.45) is 0 Å². The standard InChI is InChI=1S/C18H24N2O4/c1-12-7-6-8-14(11-12)17(22)24-13(2)16(21)20-18(23)19-15-9-4-3-5-10-15/h6-8,11,13,15H,3-5,9-10H2,1-2H3,(H2,19,20,21,23)/t13-/m0/s1. The Kier molecular flexibility index (Phi) is 6.35. The molecule has 24 heavy (non-hydrogen) atoms. The van der Waals surface area contributed by atoms with Gasteiger partial charge in [0.2, 0.25) is 0 Å². The summed E-state index contributed by atoms with van der Waals surface area (Å²) in [5.74, 6) is -1.22. The van der Waals surface area contributed by atoms with E-state index >= 15 is 0 Å². The van der Waals surface area contributed by atoms with Crippen molar-refractivity contribution >= 4 is 17.9 Å². The van der Waals surface area contributed by atoms with E-state index in [1.54, 1.807) is 18.2 Å². The van der Waals surface area contributed by atoms with Crippen LogP contribution < -0.4 is 10.6 Å². The van der Waals surface area contributed by atoms with E-state index in [9.17, 15) is 14.4 Å². The number of amides is 3. The molecular formula is C18H24N2O4. The lowest BCUT2D eigenvalue weighted by atomic mass is 9.96. The molecule has 0 heterocycles. The highest BCUT2D eigenvalue weighted by Crippen LogP contribution is 2.17. The van der Waals surface area contributed by atoms with Gasteiger partial charge in [0.15, 0.2) is 6.10 Å². The number of carbonyl (C=O) groups is 3. The molecule has 0 radical (unpaired) electrons. The van der Waals surface area contributed by atoms with Gasteiger partial charge < -0.3 is 10.1 Å². The molecule has 1 atom stereocenters. The molecule has 2 N–H and O–H groups in total. The van der Waals surface area contributed by atoms with Gasteiger partial charge in [-0.1, -0.05) is 37.0 Å². The van der Waals surface area contributed by atoms with Gasteiger partial charge in [0, 0.05) is 6.04 Å². The van der Waals surface area contributed by atoms with Crippen LogP contribution in [0.3, 0.4) is 0 Å². The molecule has 6 heteroatoms. The van der Waals surface area contributed by atoms with Gasteiger partial charge in [-0.05, 0) is 38.8 Å². The molecule has 0 saturated heterocycles. The number of esters is 1. The van der Waals surface area contributed by atoms with Crippen molar-refractivity contribution in [3.05, 3.63) is 35.4 Å². The summed E-state index contributed by atoms with van der Waals surface area (Å²) in [4.78, 5) is 35.8. The number of nitrogens with one attached hydrogen (secondary N) is 2. The second-order valence-electron chi connectivity index (χ2n) is 6.21. The minimum atomic E-state index is -1.05. The van der Waals surface area contributed by atoms with E-state index in [-0.39, 0.29) is 6.04 Å². The summed E-state index contributed by atoms with van der Waals surface area (Å²) in [6.07, 6.45) is 4.17. The van der Waals surface area contributed by atoms with Crippen LogP contribution in [0.5, 0.6) is 0 Å². The second kappa shape index (κ2) is 8.47. The first-order valence-electron chi connectivity index (χ1n) is 8.34. The number of rotatable bonds is 4. The Morgan fingerprint density at radius 1 is 1.17 bits per heavy atom. The molecule has 1 aromatic rings. The normalized spacial score (nSPS) is 16.1. The Bertz CT molecular complexity index is 609. The fraction of sp³-hybridized carbons (Fsp3) is 0.500. The van der Waals surface area contributed by atoms with Gasteiger partial charge in [-0.25, -0.2) is 9.59 Å². The topological polar surface area (TPSA) is 84.5 Å². The molecule has 1 aliphatic carbocycles. The number of carbonyl (C=O) groups excluding carboxylic acids is 3. The van der Waals surface area contributed by atoms with Crippen LogP contribution in [0, 0.1) is 6.92 Å². The number of urea groups is 1. The van der Waals surface area contributed by atoms with Gasteiger partial charge in [-0.2, -0.15) is 0 Å². The van der Waals surface area contributed by atoms with E-state index in [0.29, 0.717) is 5.56 Å². The number of imide groups is 1. The molecule has 1 fully saturated rings. The third kappa shape index (κ3) is 5.37. The highest BCUT2D eigenvalue weighted by molar-refractivity contribution is 5.98. The second-order valence-corrected chi connectivity index (χ2v) is 6.21. The lowest BCUT2D eigenvalue weighted by Crippen LogP contribution is -2.48.